The smallest absolute Gasteiger partial charge is 0.264 e. The van der Waals surface area contributed by atoms with Crippen molar-refractivity contribution < 1.29 is 9.59 Å². The molecule has 1 saturated heterocycles. The van der Waals surface area contributed by atoms with E-state index in [1.54, 1.807) is 34.9 Å². The van der Waals surface area contributed by atoms with Crippen molar-refractivity contribution in [1.29, 1.82) is 0 Å². The van der Waals surface area contributed by atoms with Crippen LogP contribution in [0.2, 0.25) is 0 Å². The molecular formula is C20H20N4O3S. The monoisotopic (exact) mass is 396 g/mol. The van der Waals surface area contributed by atoms with Crippen LogP contribution in [0.5, 0.6) is 0 Å². The van der Waals surface area contributed by atoms with Crippen LogP contribution in [-0.4, -0.2) is 57.3 Å². The average molecular weight is 396 g/mol. The minimum atomic E-state index is -0.206. The third-order valence-electron chi connectivity index (χ3n) is 5.00. The van der Waals surface area contributed by atoms with Gasteiger partial charge in [0, 0.05) is 26.2 Å². The van der Waals surface area contributed by atoms with E-state index in [0.717, 1.165) is 0 Å². The topological polar surface area (TPSA) is 75.5 Å². The molecule has 1 fully saturated rings. The Balaban J connectivity index is 1.45. The molecule has 0 atom stereocenters. The summed E-state index contributed by atoms with van der Waals surface area (Å²) in [6.45, 7) is 3.61. The van der Waals surface area contributed by atoms with E-state index in [2.05, 4.69) is 4.98 Å². The standard InChI is InChI=1S/C20H20N4O3S/c1-14-21-16-6-3-2-5-15(16)19(26)24(14)13-18(25)22-8-10-23(11-9-22)20(27)17-7-4-12-28-17/h2-7,12H,8-11,13H2,1H3. The van der Waals surface area contributed by atoms with Gasteiger partial charge in [0.05, 0.1) is 15.8 Å². The molecule has 1 aliphatic heterocycles. The van der Waals surface area contributed by atoms with E-state index in [9.17, 15) is 14.4 Å². The zero-order chi connectivity index (χ0) is 19.7. The van der Waals surface area contributed by atoms with Crippen LogP contribution in [0.25, 0.3) is 10.9 Å². The van der Waals surface area contributed by atoms with Gasteiger partial charge in [-0.2, -0.15) is 0 Å². The van der Waals surface area contributed by atoms with Gasteiger partial charge in [0.15, 0.2) is 0 Å². The molecule has 0 bridgehead atoms. The summed E-state index contributed by atoms with van der Waals surface area (Å²) < 4.78 is 1.42. The number of carbonyl (C=O) groups excluding carboxylic acids is 2. The molecule has 28 heavy (non-hydrogen) atoms. The number of aromatic nitrogens is 2. The van der Waals surface area contributed by atoms with Crippen LogP contribution in [0.1, 0.15) is 15.5 Å². The second-order valence-corrected chi connectivity index (χ2v) is 7.67. The van der Waals surface area contributed by atoms with Gasteiger partial charge in [0.25, 0.3) is 11.5 Å². The Bertz CT molecular complexity index is 1080. The van der Waals surface area contributed by atoms with Crippen molar-refractivity contribution in [2.45, 2.75) is 13.5 Å². The quantitative estimate of drug-likeness (QED) is 0.676. The summed E-state index contributed by atoms with van der Waals surface area (Å²) >= 11 is 1.42. The largest absolute Gasteiger partial charge is 0.338 e. The van der Waals surface area contributed by atoms with Crippen molar-refractivity contribution in [2.24, 2.45) is 0 Å². The lowest BCUT2D eigenvalue weighted by Crippen LogP contribution is -2.51. The Labute approximate surface area is 165 Å². The summed E-state index contributed by atoms with van der Waals surface area (Å²) in [5, 5.41) is 2.39. The van der Waals surface area contributed by atoms with E-state index in [-0.39, 0.29) is 23.9 Å². The van der Waals surface area contributed by atoms with Crippen LogP contribution in [0, 0.1) is 6.92 Å². The molecule has 3 heterocycles. The molecule has 0 spiro atoms. The number of amides is 2. The number of aryl methyl sites for hydroxylation is 1. The van der Waals surface area contributed by atoms with E-state index in [1.165, 1.54) is 15.9 Å². The van der Waals surface area contributed by atoms with Crippen LogP contribution >= 0.6 is 11.3 Å². The molecule has 0 saturated carbocycles. The summed E-state index contributed by atoms with van der Waals surface area (Å²) in [5.74, 6) is 0.391. The molecule has 1 aliphatic rings. The molecule has 0 aliphatic carbocycles. The number of rotatable bonds is 3. The third-order valence-corrected chi connectivity index (χ3v) is 5.86. The van der Waals surface area contributed by atoms with Gasteiger partial charge in [-0.25, -0.2) is 4.98 Å². The van der Waals surface area contributed by atoms with Gasteiger partial charge in [-0.1, -0.05) is 18.2 Å². The summed E-state index contributed by atoms with van der Waals surface area (Å²) in [6, 6.07) is 10.8. The maximum absolute atomic E-state index is 12.8. The fourth-order valence-electron chi connectivity index (χ4n) is 3.42. The fraction of sp³-hybridized carbons (Fsp3) is 0.300. The highest BCUT2D eigenvalue weighted by Crippen LogP contribution is 2.14. The summed E-state index contributed by atoms with van der Waals surface area (Å²) in [4.78, 5) is 46.5. The Kier molecular flexibility index (Phi) is 4.95. The van der Waals surface area contributed by atoms with Crippen molar-refractivity contribution in [3.63, 3.8) is 0 Å². The van der Waals surface area contributed by atoms with Crippen molar-refractivity contribution in [2.75, 3.05) is 26.2 Å². The Morgan fingerprint density at radius 2 is 1.75 bits per heavy atom. The highest BCUT2D eigenvalue weighted by atomic mass is 32.1. The fourth-order valence-corrected chi connectivity index (χ4v) is 4.11. The van der Waals surface area contributed by atoms with Gasteiger partial charge < -0.3 is 9.80 Å². The maximum Gasteiger partial charge on any atom is 0.264 e. The van der Waals surface area contributed by atoms with Gasteiger partial charge in [-0.05, 0) is 30.5 Å². The van der Waals surface area contributed by atoms with E-state index in [1.807, 2.05) is 23.6 Å². The van der Waals surface area contributed by atoms with Gasteiger partial charge in [0.2, 0.25) is 5.91 Å². The summed E-state index contributed by atoms with van der Waals surface area (Å²) in [6.07, 6.45) is 0. The van der Waals surface area contributed by atoms with Gasteiger partial charge in [0.1, 0.15) is 12.4 Å². The predicted molar refractivity (Wildman–Crippen MR) is 108 cm³/mol. The lowest BCUT2D eigenvalue weighted by molar-refractivity contribution is -0.133. The molecular weight excluding hydrogens is 376 g/mol. The molecule has 1 aromatic carbocycles. The zero-order valence-corrected chi connectivity index (χ0v) is 16.3. The lowest BCUT2D eigenvalue weighted by Gasteiger charge is -2.34. The van der Waals surface area contributed by atoms with Crippen molar-refractivity contribution in [3.05, 3.63) is 62.8 Å². The number of nitrogens with zero attached hydrogens (tertiary/aromatic N) is 4. The Morgan fingerprint density at radius 3 is 2.46 bits per heavy atom. The highest BCUT2D eigenvalue weighted by molar-refractivity contribution is 7.12. The maximum atomic E-state index is 12.8. The van der Waals surface area contributed by atoms with E-state index in [4.69, 9.17) is 0 Å². The van der Waals surface area contributed by atoms with Crippen molar-refractivity contribution >= 4 is 34.1 Å². The van der Waals surface area contributed by atoms with Gasteiger partial charge >= 0.3 is 0 Å². The third kappa shape index (κ3) is 3.43. The first-order valence-corrected chi connectivity index (χ1v) is 9.99. The van der Waals surface area contributed by atoms with Crippen LogP contribution < -0.4 is 5.56 Å². The molecule has 2 amide bonds. The van der Waals surface area contributed by atoms with Crippen molar-refractivity contribution in [1.82, 2.24) is 19.4 Å². The molecule has 7 nitrogen and oxygen atoms in total. The van der Waals surface area contributed by atoms with E-state index in [0.29, 0.717) is 47.8 Å². The van der Waals surface area contributed by atoms with E-state index < -0.39 is 0 Å². The Hall–Kier alpha value is -3.00. The van der Waals surface area contributed by atoms with Crippen LogP contribution in [0.4, 0.5) is 0 Å². The normalized spacial score (nSPS) is 14.5. The number of fused-ring (bicyclic) bond motifs is 1. The SMILES string of the molecule is Cc1nc2ccccc2c(=O)n1CC(=O)N1CCN(C(=O)c2cccs2)CC1. The number of piperazine rings is 1. The zero-order valence-electron chi connectivity index (χ0n) is 15.5. The van der Waals surface area contributed by atoms with E-state index >= 15 is 0 Å². The number of para-hydroxylation sites is 1. The van der Waals surface area contributed by atoms with Gasteiger partial charge in [-0.3, -0.25) is 19.0 Å². The summed E-state index contributed by atoms with van der Waals surface area (Å²) in [5.41, 5.74) is 0.428. The first-order chi connectivity index (χ1) is 13.5. The number of hydrogen-bond donors (Lipinski definition) is 0. The molecule has 8 heteroatoms. The predicted octanol–water partition coefficient (Wildman–Crippen LogP) is 1.75. The number of thiophene rings is 1. The number of benzene rings is 1. The number of hydrogen-bond acceptors (Lipinski definition) is 5. The minimum absolute atomic E-state index is 0.00731. The first-order valence-electron chi connectivity index (χ1n) is 9.11. The number of carbonyl (C=O) groups is 2. The molecule has 0 N–H and O–H groups in total. The lowest BCUT2D eigenvalue weighted by atomic mass is 10.2. The molecule has 4 rings (SSSR count). The van der Waals surface area contributed by atoms with Crippen LogP contribution in [0.15, 0.2) is 46.6 Å². The molecule has 2 aromatic heterocycles. The summed E-state index contributed by atoms with van der Waals surface area (Å²) in [7, 11) is 0. The highest BCUT2D eigenvalue weighted by Gasteiger charge is 2.26. The Morgan fingerprint density at radius 1 is 1.04 bits per heavy atom. The molecule has 3 aromatic rings. The van der Waals surface area contributed by atoms with Crippen LogP contribution in [-0.2, 0) is 11.3 Å². The first kappa shape index (κ1) is 18.4. The molecule has 0 radical (unpaired) electrons. The second-order valence-electron chi connectivity index (χ2n) is 6.72. The van der Waals surface area contributed by atoms with Crippen LogP contribution in [0.3, 0.4) is 0 Å². The minimum Gasteiger partial charge on any atom is -0.338 e. The van der Waals surface area contributed by atoms with Gasteiger partial charge in [-0.15, -0.1) is 11.3 Å². The average Bonchev–Trinajstić information content (AvgIpc) is 3.25. The molecule has 144 valence electrons. The second kappa shape index (κ2) is 7.55. The van der Waals surface area contributed by atoms with Crippen molar-refractivity contribution in [3.8, 4) is 0 Å². The molecule has 0 unspecified atom stereocenters.